The molecule has 0 unspecified atom stereocenters. The standard InChI is InChI=1S/C21H24N6O/c1-15-17-9-6-10-18(28-2)19(17)25-21(24-15)26-20-22-13-27(14-23-20)12-11-16-7-4-3-5-8-16/h3-10H,11-14H2,1-2H3,(H2,22,23,24,25,26). The fourth-order valence-corrected chi connectivity index (χ4v) is 3.23. The molecule has 7 nitrogen and oxygen atoms in total. The van der Waals surface area contributed by atoms with Gasteiger partial charge in [0.25, 0.3) is 0 Å². The number of aliphatic imine (C=N–C) groups is 1. The van der Waals surface area contributed by atoms with Crippen LogP contribution in [0, 0.1) is 6.92 Å². The molecule has 2 aromatic carbocycles. The molecule has 0 aliphatic carbocycles. The first-order valence-corrected chi connectivity index (χ1v) is 9.36. The van der Waals surface area contributed by atoms with Crippen LogP contribution in [0.25, 0.3) is 10.9 Å². The van der Waals surface area contributed by atoms with Crippen molar-refractivity contribution >= 4 is 22.8 Å². The van der Waals surface area contributed by atoms with Crippen LogP contribution in [0.2, 0.25) is 0 Å². The Hall–Kier alpha value is -3.19. The summed E-state index contributed by atoms with van der Waals surface area (Å²) in [5, 5.41) is 7.48. The average Bonchev–Trinajstić information content (AvgIpc) is 2.74. The van der Waals surface area contributed by atoms with Crippen LogP contribution in [-0.2, 0) is 6.42 Å². The second kappa shape index (κ2) is 8.22. The Labute approximate surface area is 164 Å². The Bertz CT molecular complexity index is 989. The minimum Gasteiger partial charge on any atom is -0.494 e. The van der Waals surface area contributed by atoms with E-state index in [1.54, 1.807) is 7.11 Å². The number of rotatable bonds is 5. The number of benzene rings is 2. The second-order valence-corrected chi connectivity index (χ2v) is 6.73. The number of methoxy groups -OCH3 is 1. The molecule has 3 aromatic rings. The minimum absolute atomic E-state index is 0.512. The molecule has 7 heteroatoms. The highest BCUT2D eigenvalue weighted by molar-refractivity contribution is 5.94. The Morgan fingerprint density at radius 2 is 1.96 bits per heavy atom. The van der Waals surface area contributed by atoms with Crippen LogP contribution in [-0.4, -0.2) is 47.8 Å². The number of hydrogen-bond acceptors (Lipinski definition) is 7. The van der Waals surface area contributed by atoms with Crippen molar-refractivity contribution in [2.45, 2.75) is 13.3 Å². The number of aryl methyl sites for hydroxylation is 1. The summed E-state index contributed by atoms with van der Waals surface area (Å²) >= 11 is 0. The highest BCUT2D eigenvalue weighted by Gasteiger charge is 2.14. The maximum atomic E-state index is 5.43. The zero-order valence-corrected chi connectivity index (χ0v) is 16.1. The predicted molar refractivity (Wildman–Crippen MR) is 112 cm³/mol. The molecule has 2 N–H and O–H groups in total. The number of guanidine groups is 1. The Morgan fingerprint density at radius 1 is 1.11 bits per heavy atom. The van der Waals surface area contributed by atoms with Gasteiger partial charge >= 0.3 is 0 Å². The van der Waals surface area contributed by atoms with Crippen molar-refractivity contribution in [3.63, 3.8) is 0 Å². The molecular formula is C21H24N6O. The largest absolute Gasteiger partial charge is 0.494 e. The normalized spacial score (nSPS) is 14.4. The number of para-hydroxylation sites is 1. The molecule has 28 heavy (non-hydrogen) atoms. The molecule has 0 bridgehead atoms. The summed E-state index contributed by atoms with van der Waals surface area (Å²) in [6, 6.07) is 16.3. The van der Waals surface area contributed by atoms with Crippen LogP contribution in [0.3, 0.4) is 0 Å². The van der Waals surface area contributed by atoms with Crippen molar-refractivity contribution in [1.29, 1.82) is 0 Å². The van der Waals surface area contributed by atoms with E-state index < -0.39 is 0 Å². The highest BCUT2D eigenvalue weighted by atomic mass is 16.5. The third-order valence-electron chi connectivity index (χ3n) is 4.79. The molecule has 1 aliphatic rings. The molecule has 1 aromatic heterocycles. The Balaban J connectivity index is 1.42. The van der Waals surface area contributed by atoms with E-state index >= 15 is 0 Å². The van der Waals surface area contributed by atoms with Crippen LogP contribution in [0.15, 0.2) is 53.5 Å². The molecule has 0 radical (unpaired) electrons. The maximum absolute atomic E-state index is 5.43. The van der Waals surface area contributed by atoms with Crippen molar-refractivity contribution in [3.05, 3.63) is 59.8 Å². The van der Waals surface area contributed by atoms with Crippen LogP contribution < -0.4 is 15.4 Å². The van der Waals surface area contributed by atoms with Crippen LogP contribution in [0.1, 0.15) is 11.3 Å². The number of fused-ring (bicyclic) bond motifs is 1. The molecule has 0 saturated heterocycles. The lowest BCUT2D eigenvalue weighted by atomic mass is 10.1. The molecule has 1 aliphatic heterocycles. The van der Waals surface area contributed by atoms with Gasteiger partial charge in [0.05, 0.1) is 26.1 Å². The summed E-state index contributed by atoms with van der Waals surface area (Å²) in [5.41, 5.74) is 3.03. The minimum atomic E-state index is 0.512. The molecule has 144 valence electrons. The molecule has 4 rings (SSSR count). The zero-order chi connectivity index (χ0) is 19.3. The number of nitrogens with zero attached hydrogens (tertiary/aromatic N) is 4. The quantitative estimate of drug-likeness (QED) is 0.713. The Morgan fingerprint density at radius 3 is 2.71 bits per heavy atom. The summed E-state index contributed by atoms with van der Waals surface area (Å²) in [5.74, 6) is 1.93. The maximum Gasteiger partial charge on any atom is 0.230 e. The average molecular weight is 376 g/mol. The third-order valence-corrected chi connectivity index (χ3v) is 4.79. The van der Waals surface area contributed by atoms with Gasteiger partial charge < -0.3 is 10.1 Å². The first kappa shape index (κ1) is 18.2. The predicted octanol–water partition coefficient (Wildman–Crippen LogP) is 2.78. The van der Waals surface area contributed by atoms with E-state index in [1.807, 2.05) is 31.2 Å². The first-order chi connectivity index (χ1) is 13.7. The van der Waals surface area contributed by atoms with Gasteiger partial charge in [-0.05, 0) is 25.0 Å². The molecular weight excluding hydrogens is 352 g/mol. The van der Waals surface area contributed by atoms with Crippen molar-refractivity contribution in [2.24, 2.45) is 4.99 Å². The van der Waals surface area contributed by atoms with Gasteiger partial charge in [0, 0.05) is 11.9 Å². The number of nitrogens with one attached hydrogen (secondary N) is 2. The van der Waals surface area contributed by atoms with Gasteiger partial charge in [0.15, 0.2) is 0 Å². The van der Waals surface area contributed by atoms with E-state index in [0.29, 0.717) is 18.6 Å². The number of anilines is 1. The van der Waals surface area contributed by atoms with E-state index in [2.05, 4.69) is 54.8 Å². The monoisotopic (exact) mass is 376 g/mol. The topological polar surface area (TPSA) is 74.7 Å². The summed E-state index contributed by atoms with van der Waals surface area (Å²) in [4.78, 5) is 16.0. The zero-order valence-electron chi connectivity index (χ0n) is 16.1. The van der Waals surface area contributed by atoms with Crippen molar-refractivity contribution in [1.82, 2.24) is 20.2 Å². The van der Waals surface area contributed by atoms with E-state index in [0.717, 1.165) is 42.0 Å². The summed E-state index contributed by atoms with van der Waals surface area (Å²) in [6.45, 7) is 4.29. The summed E-state index contributed by atoms with van der Waals surface area (Å²) < 4.78 is 5.43. The van der Waals surface area contributed by atoms with Gasteiger partial charge in [-0.15, -0.1) is 0 Å². The Kier molecular flexibility index (Phi) is 5.34. The molecule has 0 spiro atoms. The molecule has 0 fully saturated rings. The smallest absolute Gasteiger partial charge is 0.230 e. The van der Waals surface area contributed by atoms with E-state index in [9.17, 15) is 0 Å². The molecule has 0 atom stereocenters. The van der Waals surface area contributed by atoms with Gasteiger partial charge in [0.1, 0.15) is 11.3 Å². The summed E-state index contributed by atoms with van der Waals surface area (Å²) in [7, 11) is 1.65. The lowest BCUT2D eigenvalue weighted by Gasteiger charge is -2.26. The lowest BCUT2D eigenvalue weighted by Crippen LogP contribution is -2.46. The van der Waals surface area contributed by atoms with Gasteiger partial charge in [-0.2, -0.15) is 0 Å². The lowest BCUT2D eigenvalue weighted by molar-refractivity contribution is 0.268. The van der Waals surface area contributed by atoms with E-state index in [-0.39, 0.29) is 0 Å². The SMILES string of the molecule is COc1cccc2c(C)nc(NC3=NCN(CCc4ccccc4)CN3)nc12. The first-order valence-electron chi connectivity index (χ1n) is 9.36. The van der Waals surface area contributed by atoms with Crippen LogP contribution in [0.4, 0.5) is 5.95 Å². The van der Waals surface area contributed by atoms with Crippen LogP contribution in [0.5, 0.6) is 5.75 Å². The van der Waals surface area contributed by atoms with Gasteiger partial charge in [-0.25, -0.2) is 15.0 Å². The van der Waals surface area contributed by atoms with Gasteiger partial charge in [-0.3, -0.25) is 10.2 Å². The van der Waals surface area contributed by atoms with Crippen molar-refractivity contribution < 1.29 is 4.74 Å². The van der Waals surface area contributed by atoms with Crippen molar-refractivity contribution in [3.8, 4) is 5.75 Å². The fraction of sp³-hybridized carbons (Fsp3) is 0.286. The van der Waals surface area contributed by atoms with Gasteiger partial charge in [-0.1, -0.05) is 42.5 Å². The summed E-state index contributed by atoms with van der Waals surface area (Å²) in [6.07, 6.45) is 1.01. The number of ether oxygens (including phenoxy) is 1. The fourth-order valence-electron chi connectivity index (χ4n) is 3.23. The van der Waals surface area contributed by atoms with E-state index in [1.165, 1.54) is 5.56 Å². The number of aromatic nitrogens is 2. The van der Waals surface area contributed by atoms with E-state index in [4.69, 9.17) is 4.74 Å². The van der Waals surface area contributed by atoms with Gasteiger partial charge in [0.2, 0.25) is 11.9 Å². The second-order valence-electron chi connectivity index (χ2n) is 6.73. The third kappa shape index (κ3) is 4.04. The van der Waals surface area contributed by atoms with Crippen LogP contribution >= 0.6 is 0 Å². The highest BCUT2D eigenvalue weighted by Crippen LogP contribution is 2.26. The molecule has 2 heterocycles. The molecule has 0 saturated carbocycles. The molecule has 0 amide bonds. The number of hydrogen-bond donors (Lipinski definition) is 2. The van der Waals surface area contributed by atoms with Crippen molar-refractivity contribution in [2.75, 3.05) is 32.3 Å².